The Hall–Kier alpha value is -1.56. The molecule has 0 spiro atoms. The molecule has 0 heterocycles. The van der Waals surface area contributed by atoms with Crippen molar-refractivity contribution in [3.05, 3.63) is 29.8 Å². The van der Waals surface area contributed by atoms with Gasteiger partial charge in [0.2, 0.25) is 5.91 Å². The van der Waals surface area contributed by atoms with Gasteiger partial charge in [-0.25, -0.2) is 8.78 Å². The normalized spacial score (nSPS) is 17.2. The van der Waals surface area contributed by atoms with E-state index in [9.17, 15) is 13.6 Å². The molecule has 3 N–H and O–H groups in total. The molecule has 2 rings (SSSR count). The van der Waals surface area contributed by atoms with Gasteiger partial charge in [0, 0.05) is 11.8 Å². The van der Waals surface area contributed by atoms with Gasteiger partial charge in [-0.15, -0.1) is 0 Å². The van der Waals surface area contributed by atoms with Crippen LogP contribution in [-0.4, -0.2) is 10.9 Å². The number of nitrogens with one attached hydrogen (secondary N) is 1. The van der Waals surface area contributed by atoms with E-state index in [1.54, 1.807) is 0 Å². The minimum Gasteiger partial charge on any atom is -0.392 e. The highest BCUT2D eigenvalue weighted by Crippen LogP contribution is 2.39. The highest BCUT2D eigenvalue weighted by atomic mass is 32.1. The van der Waals surface area contributed by atoms with Gasteiger partial charge in [0.1, 0.15) is 0 Å². The Kier molecular flexibility index (Phi) is 3.80. The molecule has 0 aromatic heterocycles. The van der Waals surface area contributed by atoms with Gasteiger partial charge < -0.3 is 11.1 Å². The van der Waals surface area contributed by atoms with Crippen molar-refractivity contribution >= 4 is 28.8 Å². The van der Waals surface area contributed by atoms with E-state index in [1.807, 2.05) is 0 Å². The van der Waals surface area contributed by atoms with E-state index in [0.717, 1.165) is 25.0 Å². The molecule has 0 saturated heterocycles. The predicted octanol–water partition coefficient (Wildman–Crippen LogP) is 2.75. The van der Waals surface area contributed by atoms with Crippen LogP contribution in [0.25, 0.3) is 0 Å². The number of benzene rings is 1. The van der Waals surface area contributed by atoms with Crippen molar-refractivity contribution in [2.45, 2.75) is 25.7 Å². The molecule has 0 bridgehead atoms. The molecular weight excluding hydrogens is 270 g/mol. The van der Waals surface area contributed by atoms with Gasteiger partial charge in [-0.1, -0.05) is 25.1 Å². The van der Waals surface area contributed by atoms with Gasteiger partial charge >= 0.3 is 0 Å². The van der Waals surface area contributed by atoms with Gasteiger partial charge in [0.25, 0.3) is 0 Å². The minimum atomic E-state index is -1.01. The second-order valence-electron chi connectivity index (χ2n) is 4.74. The van der Waals surface area contributed by atoms with Crippen molar-refractivity contribution in [2.24, 2.45) is 11.1 Å². The maximum atomic E-state index is 13.1. The molecule has 3 nitrogen and oxygen atoms in total. The third kappa shape index (κ3) is 2.58. The third-order valence-electron chi connectivity index (χ3n) is 3.54. The number of amides is 1. The van der Waals surface area contributed by atoms with Crippen LogP contribution >= 0.6 is 12.2 Å². The van der Waals surface area contributed by atoms with Crippen molar-refractivity contribution in [2.75, 3.05) is 5.32 Å². The molecule has 0 radical (unpaired) electrons. The summed E-state index contributed by atoms with van der Waals surface area (Å²) in [6, 6.07) is 3.21. The van der Waals surface area contributed by atoms with Crippen molar-refractivity contribution in [1.29, 1.82) is 0 Å². The SMILES string of the molecule is NC(=S)C1(C(=O)Nc2ccc(F)c(F)c2)CCCC1. The zero-order valence-corrected chi connectivity index (χ0v) is 11.0. The summed E-state index contributed by atoms with van der Waals surface area (Å²) in [5.41, 5.74) is 5.02. The topological polar surface area (TPSA) is 55.1 Å². The van der Waals surface area contributed by atoms with Crippen LogP contribution in [0.4, 0.5) is 14.5 Å². The summed E-state index contributed by atoms with van der Waals surface area (Å²) >= 11 is 4.99. The minimum absolute atomic E-state index is 0.157. The summed E-state index contributed by atoms with van der Waals surface area (Å²) in [7, 11) is 0. The Morgan fingerprint density at radius 3 is 2.42 bits per heavy atom. The Bertz CT molecular complexity index is 527. The second kappa shape index (κ2) is 5.21. The van der Waals surface area contributed by atoms with Gasteiger partial charge in [0.05, 0.1) is 10.4 Å². The number of anilines is 1. The van der Waals surface area contributed by atoms with E-state index in [0.29, 0.717) is 12.8 Å². The lowest BCUT2D eigenvalue weighted by Crippen LogP contribution is -2.43. The molecule has 1 aliphatic carbocycles. The van der Waals surface area contributed by atoms with Crippen LogP contribution in [0.5, 0.6) is 0 Å². The van der Waals surface area contributed by atoms with E-state index < -0.39 is 17.0 Å². The maximum Gasteiger partial charge on any atom is 0.237 e. The Morgan fingerprint density at radius 2 is 1.89 bits per heavy atom. The molecule has 1 aromatic carbocycles. The molecule has 102 valence electrons. The smallest absolute Gasteiger partial charge is 0.237 e. The lowest BCUT2D eigenvalue weighted by Gasteiger charge is -2.26. The summed E-state index contributed by atoms with van der Waals surface area (Å²) in [5, 5.41) is 2.56. The van der Waals surface area contributed by atoms with E-state index in [1.165, 1.54) is 6.07 Å². The zero-order chi connectivity index (χ0) is 14.0. The van der Waals surface area contributed by atoms with Crippen LogP contribution in [0.2, 0.25) is 0 Å². The summed E-state index contributed by atoms with van der Waals surface area (Å²) in [5.74, 6) is -2.31. The van der Waals surface area contributed by atoms with E-state index >= 15 is 0 Å². The molecule has 0 aliphatic heterocycles. The van der Waals surface area contributed by atoms with Crippen LogP contribution in [0.3, 0.4) is 0 Å². The predicted molar refractivity (Wildman–Crippen MR) is 72.7 cm³/mol. The second-order valence-corrected chi connectivity index (χ2v) is 5.18. The van der Waals surface area contributed by atoms with Crippen molar-refractivity contribution < 1.29 is 13.6 Å². The summed E-state index contributed by atoms with van der Waals surface area (Å²) in [6.07, 6.45) is 2.95. The molecule has 19 heavy (non-hydrogen) atoms. The Labute approximate surface area is 115 Å². The average molecular weight is 284 g/mol. The van der Waals surface area contributed by atoms with Crippen molar-refractivity contribution in [3.8, 4) is 0 Å². The highest BCUT2D eigenvalue weighted by molar-refractivity contribution is 7.80. The number of halogens is 2. The molecule has 1 aliphatic rings. The molecule has 0 unspecified atom stereocenters. The maximum absolute atomic E-state index is 13.1. The van der Waals surface area contributed by atoms with E-state index in [4.69, 9.17) is 18.0 Å². The molecule has 1 fully saturated rings. The highest BCUT2D eigenvalue weighted by Gasteiger charge is 2.43. The zero-order valence-electron chi connectivity index (χ0n) is 10.2. The summed E-state index contributed by atoms with van der Waals surface area (Å²) in [6.45, 7) is 0. The van der Waals surface area contributed by atoms with Crippen molar-refractivity contribution in [1.82, 2.24) is 0 Å². The first-order chi connectivity index (χ1) is 8.95. The number of carbonyl (C=O) groups is 1. The van der Waals surface area contributed by atoms with E-state index in [2.05, 4.69) is 5.32 Å². The van der Waals surface area contributed by atoms with Gasteiger partial charge in [0.15, 0.2) is 11.6 Å². The van der Waals surface area contributed by atoms with Gasteiger partial charge in [-0.2, -0.15) is 0 Å². The lowest BCUT2D eigenvalue weighted by molar-refractivity contribution is -0.122. The Morgan fingerprint density at radius 1 is 1.26 bits per heavy atom. The van der Waals surface area contributed by atoms with Gasteiger partial charge in [-0.3, -0.25) is 4.79 Å². The van der Waals surface area contributed by atoms with Crippen LogP contribution in [0.1, 0.15) is 25.7 Å². The number of carbonyl (C=O) groups excluding carboxylic acids is 1. The number of nitrogens with two attached hydrogens (primary N) is 1. The molecule has 6 heteroatoms. The quantitative estimate of drug-likeness (QED) is 0.839. The first-order valence-electron chi connectivity index (χ1n) is 6.02. The Balaban J connectivity index is 2.20. The first kappa shape index (κ1) is 13.9. The lowest BCUT2D eigenvalue weighted by atomic mass is 9.85. The van der Waals surface area contributed by atoms with Crippen LogP contribution < -0.4 is 11.1 Å². The van der Waals surface area contributed by atoms with Crippen LogP contribution in [0, 0.1) is 17.0 Å². The molecular formula is C13H14F2N2OS. The molecule has 1 aromatic rings. The average Bonchev–Trinajstić information content (AvgIpc) is 2.84. The molecule has 1 saturated carbocycles. The fraction of sp³-hybridized carbons (Fsp3) is 0.385. The monoisotopic (exact) mass is 284 g/mol. The van der Waals surface area contributed by atoms with Crippen LogP contribution in [-0.2, 0) is 4.79 Å². The summed E-state index contributed by atoms with van der Waals surface area (Å²) < 4.78 is 25.9. The van der Waals surface area contributed by atoms with E-state index in [-0.39, 0.29) is 16.6 Å². The van der Waals surface area contributed by atoms with Crippen molar-refractivity contribution in [3.63, 3.8) is 0 Å². The largest absolute Gasteiger partial charge is 0.392 e. The third-order valence-corrected chi connectivity index (χ3v) is 3.93. The molecule has 1 amide bonds. The number of thiocarbonyl (C=S) groups is 1. The van der Waals surface area contributed by atoms with Crippen LogP contribution in [0.15, 0.2) is 18.2 Å². The first-order valence-corrected chi connectivity index (χ1v) is 6.43. The van der Waals surface area contributed by atoms with Gasteiger partial charge in [-0.05, 0) is 25.0 Å². The fourth-order valence-corrected chi connectivity index (χ4v) is 2.69. The summed E-state index contributed by atoms with van der Waals surface area (Å²) in [4.78, 5) is 12.4. The fourth-order valence-electron chi connectivity index (χ4n) is 2.39. The number of rotatable bonds is 3. The number of hydrogen-bond donors (Lipinski definition) is 2. The number of hydrogen-bond acceptors (Lipinski definition) is 2. The molecule has 0 atom stereocenters. The standard InChI is InChI=1S/C13H14F2N2OS/c14-9-4-3-8(7-10(9)15)17-12(18)13(11(16)19)5-1-2-6-13/h3-4,7H,1-2,5-6H2,(H2,16,19)(H,17,18).